The van der Waals surface area contributed by atoms with Crippen LogP contribution in [0.25, 0.3) is 0 Å². The summed E-state index contributed by atoms with van der Waals surface area (Å²) in [5, 5.41) is 7.32. The van der Waals surface area contributed by atoms with E-state index in [9.17, 15) is 9.18 Å². The number of carbonyl (C=O) groups excluding carboxylic acids is 1. The summed E-state index contributed by atoms with van der Waals surface area (Å²) in [6, 6.07) is 10.2. The minimum absolute atomic E-state index is 0. The molecule has 1 aromatic heterocycles. The van der Waals surface area contributed by atoms with E-state index in [1.165, 1.54) is 12.8 Å². The summed E-state index contributed by atoms with van der Waals surface area (Å²) in [5.74, 6) is 0.390. The molecular weight excluding hydrogens is 565 g/mol. The maximum Gasteiger partial charge on any atom is 0.329 e. The Morgan fingerprint density at radius 2 is 1.86 bits per heavy atom. The molecule has 0 aliphatic carbocycles. The predicted octanol–water partition coefficient (Wildman–Crippen LogP) is 3.75. The van der Waals surface area contributed by atoms with Crippen LogP contribution in [0.4, 0.5) is 10.2 Å². The zero-order valence-corrected chi connectivity index (χ0v) is 27.3. The first-order chi connectivity index (χ1) is 20.7. The summed E-state index contributed by atoms with van der Waals surface area (Å²) >= 11 is 0. The van der Waals surface area contributed by atoms with E-state index >= 15 is 0 Å². The van der Waals surface area contributed by atoms with Gasteiger partial charge in [0.15, 0.2) is 0 Å². The van der Waals surface area contributed by atoms with E-state index in [0.717, 1.165) is 52.0 Å². The highest BCUT2D eigenvalue weighted by Crippen LogP contribution is 2.50. The summed E-state index contributed by atoms with van der Waals surface area (Å²) < 4.78 is 19.5. The van der Waals surface area contributed by atoms with E-state index in [1.54, 1.807) is 31.4 Å². The van der Waals surface area contributed by atoms with Crippen LogP contribution in [-0.4, -0.2) is 101 Å². The fourth-order valence-corrected chi connectivity index (χ4v) is 7.04. The number of amides is 1. The molecule has 2 aliphatic heterocycles. The second kappa shape index (κ2) is 16.4. The van der Waals surface area contributed by atoms with Gasteiger partial charge in [0.25, 0.3) is 5.91 Å². The molecule has 1 amide bonds. The number of anilines is 1. The van der Waals surface area contributed by atoms with E-state index in [4.69, 9.17) is 9.57 Å². The van der Waals surface area contributed by atoms with E-state index < -0.39 is 12.0 Å². The molecule has 0 unspecified atom stereocenters. The van der Waals surface area contributed by atoms with Crippen LogP contribution in [-0.2, 0) is 4.74 Å². The lowest BCUT2D eigenvalue weighted by Crippen LogP contribution is -2.68. The molecule has 2 saturated heterocycles. The average molecular weight is 618 g/mol. The lowest BCUT2D eigenvalue weighted by atomic mass is 9.68. The highest BCUT2D eigenvalue weighted by atomic mass is 19.1. The number of rotatable bonds is 16. The summed E-state index contributed by atoms with van der Waals surface area (Å²) in [6.07, 6.45) is 4.51. The van der Waals surface area contributed by atoms with Gasteiger partial charge < -0.3 is 24.9 Å². The summed E-state index contributed by atoms with van der Waals surface area (Å²) in [4.78, 5) is 29.4. The van der Waals surface area contributed by atoms with Crippen molar-refractivity contribution < 1.29 is 24.2 Å². The Labute approximate surface area is 261 Å². The zero-order valence-electron chi connectivity index (χ0n) is 27.3. The SMILES string of the molecule is CC[C@H]1N([C@H](CCCN(CCCOC)C(C)C)C(C)C)C[C@@]12CCN(c1nc(F)nnc1ONC(=O)c1ccccc1)C2.O. The van der Waals surface area contributed by atoms with Gasteiger partial charge in [-0.25, -0.2) is 0 Å². The molecule has 11 nitrogen and oxygen atoms in total. The van der Waals surface area contributed by atoms with Crippen molar-refractivity contribution in [1.82, 2.24) is 30.5 Å². The zero-order chi connectivity index (χ0) is 31.0. The molecule has 12 heteroatoms. The molecule has 0 saturated carbocycles. The number of halogens is 1. The third-order valence-electron chi connectivity index (χ3n) is 9.23. The van der Waals surface area contributed by atoms with Gasteiger partial charge in [-0.3, -0.25) is 9.69 Å². The monoisotopic (exact) mass is 617 g/mol. The first-order valence-electron chi connectivity index (χ1n) is 15.8. The molecule has 44 heavy (non-hydrogen) atoms. The molecule has 1 spiro atoms. The smallest absolute Gasteiger partial charge is 0.329 e. The number of carbonyl (C=O) groups is 1. The van der Waals surface area contributed by atoms with Gasteiger partial charge in [0.1, 0.15) is 0 Å². The van der Waals surface area contributed by atoms with E-state index in [-0.39, 0.29) is 22.6 Å². The molecule has 0 radical (unpaired) electrons. The fourth-order valence-electron chi connectivity index (χ4n) is 7.04. The Balaban J connectivity index is 0.00000529. The lowest BCUT2D eigenvalue weighted by molar-refractivity contribution is -0.103. The number of aromatic nitrogens is 3. The van der Waals surface area contributed by atoms with Crippen molar-refractivity contribution in [2.24, 2.45) is 11.3 Å². The van der Waals surface area contributed by atoms with E-state index in [2.05, 4.69) is 65.1 Å². The Kier molecular flexibility index (Phi) is 13.2. The van der Waals surface area contributed by atoms with Crippen LogP contribution in [0.3, 0.4) is 0 Å². The highest BCUT2D eigenvalue weighted by molar-refractivity contribution is 5.93. The van der Waals surface area contributed by atoms with E-state index in [0.29, 0.717) is 36.2 Å². The summed E-state index contributed by atoms with van der Waals surface area (Å²) in [5.41, 5.74) is 2.94. The molecule has 1 aromatic carbocycles. The molecule has 3 N–H and O–H groups in total. The minimum Gasteiger partial charge on any atom is -0.412 e. The van der Waals surface area contributed by atoms with Crippen LogP contribution >= 0.6 is 0 Å². The number of hydrogen-bond acceptors (Lipinski definition) is 9. The van der Waals surface area contributed by atoms with Crippen LogP contribution in [0, 0.1) is 17.4 Å². The second-order valence-electron chi connectivity index (χ2n) is 12.7. The van der Waals surface area contributed by atoms with Crippen LogP contribution in [0.2, 0.25) is 0 Å². The van der Waals surface area contributed by atoms with Gasteiger partial charge in [0.05, 0.1) is 0 Å². The van der Waals surface area contributed by atoms with Gasteiger partial charge in [0.2, 0.25) is 5.82 Å². The van der Waals surface area contributed by atoms with Crippen molar-refractivity contribution in [3.05, 3.63) is 42.0 Å². The molecular formula is C32H52FN7O4. The lowest BCUT2D eigenvalue weighted by Gasteiger charge is -2.60. The molecule has 3 atom stereocenters. The summed E-state index contributed by atoms with van der Waals surface area (Å²) in [7, 11) is 1.77. The molecule has 2 fully saturated rings. The maximum atomic E-state index is 14.2. The number of methoxy groups -OCH3 is 1. The Morgan fingerprint density at radius 3 is 2.52 bits per heavy atom. The third kappa shape index (κ3) is 8.41. The fraction of sp³-hybridized carbons (Fsp3) is 0.688. The normalized spacial score (nSPS) is 20.7. The van der Waals surface area contributed by atoms with Crippen LogP contribution < -0.4 is 15.2 Å². The van der Waals surface area contributed by atoms with Gasteiger partial charge in [0, 0.05) is 69.0 Å². The Morgan fingerprint density at radius 1 is 1.14 bits per heavy atom. The van der Waals surface area contributed by atoms with Crippen LogP contribution in [0.1, 0.15) is 77.1 Å². The number of benzene rings is 1. The topological polar surface area (TPSA) is 127 Å². The van der Waals surface area contributed by atoms with Gasteiger partial charge in [-0.15, -0.1) is 5.10 Å². The average Bonchev–Trinajstić information content (AvgIpc) is 3.44. The van der Waals surface area contributed by atoms with Gasteiger partial charge >= 0.3 is 12.0 Å². The molecule has 246 valence electrons. The Hall–Kier alpha value is -2.93. The van der Waals surface area contributed by atoms with Crippen LogP contribution in [0.5, 0.6) is 5.88 Å². The third-order valence-corrected chi connectivity index (χ3v) is 9.23. The first kappa shape index (κ1) is 35.5. The van der Waals surface area contributed by atoms with Crippen molar-refractivity contribution in [2.45, 2.75) is 84.8 Å². The van der Waals surface area contributed by atoms with Gasteiger partial charge in [-0.2, -0.15) is 14.9 Å². The highest BCUT2D eigenvalue weighted by Gasteiger charge is 2.57. The number of nitrogens with one attached hydrogen (secondary N) is 1. The number of likely N-dealkylation sites (tertiary alicyclic amines) is 1. The molecule has 4 rings (SSSR count). The first-order valence-corrected chi connectivity index (χ1v) is 15.8. The van der Waals surface area contributed by atoms with Gasteiger partial charge in [-0.1, -0.05) is 44.1 Å². The van der Waals surface area contributed by atoms with Crippen molar-refractivity contribution in [2.75, 3.05) is 51.3 Å². The van der Waals surface area contributed by atoms with Crippen molar-refractivity contribution in [3.63, 3.8) is 0 Å². The van der Waals surface area contributed by atoms with Crippen molar-refractivity contribution in [1.29, 1.82) is 0 Å². The van der Waals surface area contributed by atoms with Gasteiger partial charge in [-0.05, 0) is 70.5 Å². The standard InChI is InChI=1S/C32H50FN7O3.H2O/c1-7-27-32(22-40(27)26(23(2)3)15-11-17-38(24(4)5)18-12-20-42-6)16-19-39(21-32)28-30(35-36-31(33)34-28)43-37-29(41)25-13-9-8-10-14-25;/h8-10,13-14,23-24,26-27H,7,11-12,15-22H2,1-6H3,(H,37,41);1H2/t26-,27-,32+;/m1./s1. The van der Waals surface area contributed by atoms with Crippen molar-refractivity contribution >= 4 is 11.7 Å². The summed E-state index contributed by atoms with van der Waals surface area (Å²) in [6.45, 7) is 16.9. The maximum absolute atomic E-state index is 14.2. The number of hydrogen-bond donors (Lipinski definition) is 1. The van der Waals surface area contributed by atoms with Crippen molar-refractivity contribution in [3.8, 4) is 5.88 Å². The number of nitrogens with zero attached hydrogens (tertiary/aromatic N) is 6. The molecule has 3 heterocycles. The minimum atomic E-state index is -0.919. The molecule has 2 aromatic rings. The van der Waals surface area contributed by atoms with Crippen LogP contribution in [0.15, 0.2) is 30.3 Å². The predicted molar refractivity (Wildman–Crippen MR) is 169 cm³/mol. The molecule has 2 aliphatic rings. The number of hydroxylamine groups is 1. The molecule has 0 bridgehead atoms. The second-order valence-corrected chi connectivity index (χ2v) is 12.7. The largest absolute Gasteiger partial charge is 0.412 e. The number of ether oxygens (including phenoxy) is 1. The Bertz CT molecular complexity index is 1170. The quantitative estimate of drug-likeness (QED) is 0.221. The van der Waals surface area contributed by atoms with E-state index in [1.807, 2.05) is 11.0 Å².